The summed E-state index contributed by atoms with van der Waals surface area (Å²) >= 11 is 0. The van der Waals surface area contributed by atoms with Gasteiger partial charge in [0.1, 0.15) is 13.2 Å². The lowest BCUT2D eigenvalue weighted by molar-refractivity contribution is -0.167. The Morgan fingerprint density at radius 2 is 0.513 bits per heavy atom. The Morgan fingerprint density at radius 3 is 0.816 bits per heavy atom. The Hall–Kier alpha value is -3.15. The molecular weight excluding hydrogens is 937 g/mol. The Labute approximate surface area is 472 Å². The van der Waals surface area contributed by atoms with Gasteiger partial charge in [-0.15, -0.1) is 0 Å². The van der Waals surface area contributed by atoms with E-state index in [1.54, 1.807) is 0 Å². The maximum Gasteiger partial charge on any atom is 0.306 e. The third kappa shape index (κ3) is 61.7. The van der Waals surface area contributed by atoms with E-state index in [1.165, 1.54) is 205 Å². The fourth-order valence-corrected chi connectivity index (χ4v) is 9.48. The van der Waals surface area contributed by atoms with Crippen molar-refractivity contribution in [3.63, 3.8) is 0 Å². The second-order valence-electron chi connectivity index (χ2n) is 22.0. The van der Waals surface area contributed by atoms with Crippen molar-refractivity contribution in [2.24, 2.45) is 0 Å². The molecule has 0 saturated carbocycles. The number of ether oxygens (including phenoxy) is 3. The third-order valence-electron chi connectivity index (χ3n) is 14.4. The van der Waals surface area contributed by atoms with Crippen LogP contribution in [0.3, 0.4) is 0 Å². The quantitative estimate of drug-likeness (QED) is 0.0261. The number of carbonyl (C=O) groups excluding carboxylic acids is 3. The minimum absolute atomic E-state index is 0.0791. The summed E-state index contributed by atoms with van der Waals surface area (Å²) in [6.45, 7) is 6.55. The lowest BCUT2D eigenvalue weighted by Gasteiger charge is -2.18. The number of carbonyl (C=O) groups is 3. The second-order valence-corrected chi connectivity index (χ2v) is 22.0. The van der Waals surface area contributed by atoms with Crippen molar-refractivity contribution in [1.29, 1.82) is 0 Å². The summed E-state index contributed by atoms with van der Waals surface area (Å²) in [7, 11) is 0. The molecule has 6 nitrogen and oxygen atoms in total. The number of allylic oxidation sites excluding steroid dienone is 12. The van der Waals surface area contributed by atoms with Gasteiger partial charge in [-0.2, -0.15) is 0 Å². The molecule has 0 fully saturated rings. The normalized spacial score (nSPS) is 12.5. The first-order valence-electron chi connectivity index (χ1n) is 32.9. The Morgan fingerprint density at radius 1 is 0.276 bits per heavy atom. The fourth-order valence-electron chi connectivity index (χ4n) is 9.48. The summed E-state index contributed by atoms with van der Waals surface area (Å²) in [6, 6.07) is 0. The van der Waals surface area contributed by atoms with Gasteiger partial charge in [0, 0.05) is 19.3 Å². The van der Waals surface area contributed by atoms with Gasteiger partial charge < -0.3 is 14.2 Å². The van der Waals surface area contributed by atoms with Crippen molar-refractivity contribution in [2.75, 3.05) is 13.2 Å². The molecule has 76 heavy (non-hydrogen) atoms. The molecule has 0 aliphatic carbocycles. The van der Waals surface area contributed by atoms with E-state index < -0.39 is 6.10 Å². The summed E-state index contributed by atoms with van der Waals surface area (Å²) in [5, 5.41) is 0. The smallest absolute Gasteiger partial charge is 0.306 e. The largest absolute Gasteiger partial charge is 0.462 e. The Kier molecular flexibility index (Phi) is 61.7. The zero-order chi connectivity index (χ0) is 55.0. The molecule has 1 unspecified atom stereocenters. The zero-order valence-corrected chi connectivity index (χ0v) is 50.5. The third-order valence-corrected chi connectivity index (χ3v) is 14.4. The summed E-state index contributed by atoms with van der Waals surface area (Å²) < 4.78 is 17.0. The maximum absolute atomic E-state index is 12.9. The van der Waals surface area contributed by atoms with Crippen LogP contribution in [-0.2, 0) is 28.6 Å². The first-order valence-corrected chi connectivity index (χ1v) is 32.9. The zero-order valence-electron chi connectivity index (χ0n) is 50.5. The highest BCUT2D eigenvalue weighted by molar-refractivity contribution is 5.71. The molecule has 0 radical (unpaired) electrons. The van der Waals surface area contributed by atoms with Crippen LogP contribution < -0.4 is 0 Å². The van der Waals surface area contributed by atoms with Gasteiger partial charge >= 0.3 is 17.9 Å². The molecule has 0 amide bonds. The fraction of sp³-hybridized carbons (Fsp3) is 0.786. The molecule has 0 bridgehead atoms. The molecular formula is C70H124O6. The van der Waals surface area contributed by atoms with Gasteiger partial charge in [-0.25, -0.2) is 0 Å². The van der Waals surface area contributed by atoms with Crippen molar-refractivity contribution >= 4 is 17.9 Å². The van der Waals surface area contributed by atoms with Gasteiger partial charge in [0.05, 0.1) is 0 Å². The molecule has 0 aliphatic rings. The van der Waals surface area contributed by atoms with Crippen molar-refractivity contribution in [3.05, 3.63) is 72.9 Å². The molecule has 0 N–H and O–H groups in total. The number of hydrogen-bond donors (Lipinski definition) is 0. The van der Waals surface area contributed by atoms with Crippen LogP contribution in [0.15, 0.2) is 72.9 Å². The van der Waals surface area contributed by atoms with E-state index in [1.807, 2.05) is 0 Å². The highest BCUT2D eigenvalue weighted by Gasteiger charge is 2.19. The second kappa shape index (κ2) is 64.4. The van der Waals surface area contributed by atoms with Gasteiger partial charge in [0.25, 0.3) is 0 Å². The monoisotopic (exact) mass is 1060 g/mol. The molecule has 440 valence electrons. The lowest BCUT2D eigenvalue weighted by Crippen LogP contribution is -2.30. The predicted octanol–water partition coefficient (Wildman–Crippen LogP) is 22.5. The van der Waals surface area contributed by atoms with Crippen molar-refractivity contribution < 1.29 is 28.6 Å². The van der Waals surface area contributed by atoms with E-state index >= 15 is 0 Å². The minimum Gasteiger partial charge on any atom is -0.462 e. The number of rotatable bonds is 60. The van der Waals surface area contributed by atoms with E-state index in [2.05, 4.69) is 93.7 Å². The summed E-state index contributed by atoms with van der Waals surface area (Å²) in [5.41, 5.74) is 0. The van der Waals surface area contributed by atoms with Crippen molar-refractivity contribution in [2.45, 2.75) is 341 Å². The maximum atomic E-state index is 12.9. The highest BCUT2D eigenvalue weighted by Crippen LogP contribution is 2.17. The van der Waals surface area contributed by atoms with E-state index in [9.17, 15) is 14.4 Å². The highest BCUT2D eigenvalue weighted by atomic mass is 16.6. The van der Waals surface area contributed by atoms with Crippen LogP contribution in [0.2, 0.25) is 0 Å². The molecule has 0 aliphatic heterocycles. The molecule has 0 heterocycles. The van der Waals surface area contributed by atoms with Gasteiger partial charge in [0.2, 0.25) is 0 Å². The predicted molar refractivity (Wildman–Crippen MR) is 330 cm³/mol. The van der Waals surface area contributed by atoms with E-state index in [0.29, 0.717) is 19.3 Å². The lowest BCUT2D eigenvalue weighted by atomic mass is 10.0. The molecule has 0 aromatic rings. The average molecular weight is 1060 g/mol. The Balaban J connectivity index is 4.36. The van der Waals surface area contributed by atoms with Crippen LogP contribution in [0.5, 0.6) is 0 Å². The van der Waals surface area contributed by atoms with Gasteiger partial charge in [0.15, 0.2) is 6.10 Å². The van der Waals surface area contributed by atoms with E-state index in [0.717, 1.165) is 89.9 Å². The van der Waals surface area contributed by atoms with Crippen LogP contribution >= 0.6 is 0 Å². The molecule has 0 saturated heterocycles. The minimum atomic E-state index is -0.783. The Bertz CT molecular complexity index is 1400. The van der Waals surface area contributed by atoms with Gasteiger partial charge in [-0.05, 0) is 109 Å². The van der Waals surface area contributed by atoms with Crippen LogP contribution in [0.1, 0.15) is 335 Å². The molecule has 6 heteroatoms. The molecule has 0 aromatic carbocycles. The molecule has 0 rings (SSSR count). The van der Waals surface area contributed by atoms with Crippen molar-refractivity contribution in [1.82, 2.24) is 0 Å². The van der Waals surface area contributed by atoms with E-state index in [4.69, 9.17) is 14.2 Å². The summed E-state index contributed by atoms with van der Waals surface area (Å²) in [5.74, 6) is -0.876. The van der Waals surface area contributed by atoms with Gasteiger partial charge in [-0.3, -0.25) is 14.4 Å². The SMILES string of the molecule is CC/C=C\C/C=C\C/C=C\C/C=C\CCCCCCCCCCCCC(=O)OCC(COC(=O)CCCCCCC/C=C\CCCCCCCCC)OC(=O)CCCCCCCCCCC/C=C\CCCCCCCC. The van der Waals surface area contributed by atoms with E-state index in [-0.39, 0.29) is 31.1 Å². The van der Waals surface area contributed by atoms with Crippen LogP contribution in [0, 0.1) is 0 Å². The molecule has 0 spiro atoms. The van der Waals surface area contributed by atoms with Gasteiger partial charge in [-0.1, -0.05) is 280 Å². The summed E-state index contributed by atoms with van der Waals surface area (Å²) in [6.07, 6.45) is 83.3. The summed E-state index contributed by atoms with van der Waals surface area (Å²) in [4.78, 5) is 38.4. The van der Waals surface area contributed by atoms with Crippen LogP contribution in [0.25, 0.3) is 0 Å². The first kappa shape index (κ1) is 72.8. The topological polar surface area (TPSA) is 78.9 Å². The average Bonchev–Trinajstić information content (AvgIpc) is 3.42. The van der Waals surface area contributed by atoms with Crippen molar-refractivity contribution in [3.8, 4) is 0 Å². The number of unbranched alkanes of at least 4 members (excludes halogenated alkanes) is 37. The van der Waals surface area contributed by atoms with Crippen LogP contribution in [0.4, 0.5) is 0 Å². The number of esters is 3. The van der Waals surface area contributed by atoms with Crippen LogP contribution in [-0.4, -0.2) is 37.2 Å². The molecule has 1 atom stereocenters. The number of hydrogen-bond acceptors (Lipinski definition) is 6. The first-order chi connectivity index (χ1) is 37.5. The standard InChI is InChI=1S/C70H124O6/c1-4-7-10-13-16-19-22-25-28-31-33-34-35-36-38-39-42-45-48-51-54-57-60-63-69(72)75-66-67(65-74-68(71)62-59-56-53-50-47-44-41-30-27-24-21-18-15-12-9-6-3)76-70(73)64-61-58-55-52-49-46-43-40-37-32-29-26-23-20-17-14-11-8-5-2/h7,10,16,19,25-26,28-30,33-34,41,67H,4-6,8-9,11-15,17-18,20-24,27,31-32,35-40,42-66H2,1-3H3/b10-7-,19-16-,28-25-,29-26-,34-33-,41-30-. The molecule has 0 aromatic heterocycles.